The Kier molecular flexibility index (Phi) is 77.1. The Labute approximate surface area is 676 Å². The van der Waals surface area contributed by atoms with E-state index in [-0.39, 0.29) is 25.7 Å². The number of hydrogen-bond donors (Lipinski definition) is 3. The first-order chi connectivity index (χ1) is 54.7. The summed E-state index contributed by atoms with van der Waals surface area (Å²) in [5.41, 5.74) is 0. The van der Waals surface area contributed by atoms with Gasteiger partial charge in [-0.25, -0.2) is 9.13 Å². The van der Waals surface area contributed by atoms with E-state index in [1.54, 1.807) is 0 Å². The Morgan fingerprint density at radius 2 is 0.455 bits per heavy atom. The van der Waals surface area contributed by atoms with Crippen molar-refractivity contribution in [3.05, 3.63) is 231 Å². The predicted octanol–water partition coefficient (Wildman–Crippen LogP) is 25.0. The highest BCUT2D eigenvalue weighted by molar-refractivity contribution is 7.47. The van der Waals surface area contributed by atoms with Gasteiger partial charge in [-0.3, -0.25) is 37.3 Å². The number of aliphatic hydroxyl groups is 1. The summed E-state index contributed by atoms with van der Waals surface area (Å²) in [4.78, 5) is 73.2. The van der Waals surface area contributed by atoms with E-state index in [0.29, 0.717) is 32.1 Å². The third kappa shape index (κ3) is 81.1. The molecule has 17 nitrogen and oxygen atoms in total. The molecular formula is C93H144O17P2. The first kappa shape index (κ1) is 105. The number of phosphoric ester groups is 2. The standard InChI is InChI=1S/C93H144O17P2/c1-5-9-13-17-21-25-29-33-37-40-43-46-50-53-57-61-65-69-73-77-90(95)103-83-88(109-92(97)79-75-71-67-63-59-55-49-36-32-28-24-20-16-12-8-4)85-107-111(99,100)105-81-87(94)82-106-112(101,102)108-86-89(110-93(98)80-76-72-68-64-60-56-52-48-45-42-39-35-31-27-23-19-15-11-7-3)84-104-91(96)78-74-70-66-62-58-54-51-47-44-41-38-34-30-26-22-18-14-10-6-2/h9-16,21-28,33-39,43-49,53-54,56-58,60,65,69,87-89,94H,5-8,17-20,29-32,40-42,50-52,55,59,61-64,66-68,70-86H2,1-4H3,(H,99,100)(H,101,102)/b13-9-,14-10-,15-11-,16-12-,25-21-,26-22-,27-23-,28-24-,37-33-,38-34-,39-35-,46-43-,47-44-,48-45-,49-36-,57-53-,58-54-,60-56-,69-65-. The quantitative estimate of drug-likeness (QED) is 0.0169. The fraction of sp³-hybridized carbons (Fsp3) is 0.548. The molecule has 112 heavy (non-hydrogen) atoms. The molecule has 0 radical (unpaired) electrons. The largest absolute Gasteiger partial charge is 0.472 e. The summed E-state index contributed by atoms with van der Waals surface area (Å²) >= 11 is 0. The van der Waals surface area contributed by atoms with Crippen LogP contribution in [0, 0.1) is 0 Å². The van der Waals surface area contributed by atoms with Crippen LogP contribution < -0.4 is 0 Å². The number of carbonyl (C=O) groups is 4. The molecule has 0 fully saturated rings. The Balaban J connectivity index is 5.56. The second-order valence-electron chi connectivity index (χ2n) is 26.5. The van der Waals surface area contributed by atoms with Crippen LogP contribution in [0.1, 0.15) is 272 Å². The van der Waals surface area contributed by atoms with Crippen molar-refractivity contribution in [1.82, 2.24) is 0 Å². The van der Waals surface area contributed by atoms with Gasteiger partial charge in [-0.05, 0) is 186 Å². The molecule has 0 aromatic rings. The van der Waals surface area contributed by atoms with Gasteiger partial charge in [0.1, 0.15) is 19.3 Å². The van der Waals surface area contributed by atoms with Gasteiger partial charge in [0.25, 0.3) is 0 Å². The van der Waals surface area contributed by atoms with Crippen molar-refractivity contribution in [2.24, 2.45) is 0 Å². The third-order valence-corrected chi connectivity index (χ3v) is 18.0. The van der Waals surface area contributed by atoms with Crippen LogP contribution in [-0.2, 0) is 65.4 Å². The number of carbonyl (C=O) groups excluding carboxylic acids is 4. The van der Waals surface area contributed by atoms with Crippen LogP contribution in [0.3, 0.4) is 0 Å². The number of ether oxygens (including phenoxy) is 4. The highest BCUT2D eigenvalue weighted by Gasteiger charge is 2.30. The van der Waals surface area contributed by atoms with E-state index in [0.717, 1.165) is 186 Å². The second kappa shape index (κ2) is 82.1. The van der Waals surface area contributed by atoms with Gasteiger partial charge >= 0.3 is 39.5 Å². The third-order valence-electron chi connectivity index (χ3n) is 16.1. The predicted molar refractivity (Wildman–Crippen MR) is 463 cm³/mol. The summed E-state index contributed by atoms with van der Waals surface area (Å²) in [6.07, 6.45) is 106. The van der Waals surface area contributed by atoms with Gasteiger partial charge in [0, 0.05) is 25.7 Å². The molecule has 0 bridgehead atoms. The van der Waals surface area contributed by atoms with Gasteiger partial charge in [0.15, 0.2) is 12.2 Å². The van der Waals surface area contributed by atoms with E-state index in [4.69, 9.17) is 37.0 Å². The first-order valence-corrected chi connectivity index (χ1v) is 44.6. The molecule has 628 valence electrons. The fourth-order valence-corrected chi connectivity index (χ4v) is 11.5. The van der Waals surface area contributed by atoms with E-state index in [1.807, 2.05) is 18.2 Å². The zero-order valence-corrected chi connectivity index (χ0v) is 70.5. The zero-order chi connectivity index (χ0) is 81.7. The summed E-state index contributed by atoms with van der Waals surface area (Å²) < 4.78 is 68.6. The molecule has 0 saturated heterocycles. The molecule has 0 aliphatic rings. The molecule has 0 amide bonds. The molecule has 5 atom stereocenters. The van der Waals surface area contributed by atoms with E-state index in [1.165, 1.54) is 0 Å². The number of rotatable bonds is 75. The molecule has 19 heteroatoms. The van der Waals surface area contributed by atoms with E-state index >= 15 is 0 Å². The molecule has 0 saturated carbocycles. The van der Waals surface area contributed by atoms with Crippen molar-refractivity contribution in [2.75, 3.05) is 39.6 Å². The minimum absolute atomic E-state index is 0.0211. The topological polar surface area (TPSA) is 237 Å². The van der Waals surface area contributed by atoms with Crippen molar-refractivity contribution in [3.8, 4) is 0 Å². The van der Waals surface area contributed by atoms with Crippen molar-refractivity contribution in [2.45, 2.75) is 290 Å². The molecule has 3 N–H and O–H groups in total. The van der Waals surface area contributed by atoms with Crippen LogP contribution >= 0.6 is 15.6 Å². The number of allylic oxidation sites excluding steroid dienone is 38. The van der Waals surface area contributed by atoms with Crippen LogP contribution in [0.15, 0.2) is 231 Å². The van der Waals surface area contributed by atoms with Gasteiger partial charge < -0.3 is 33.8 Å². The smallest absolute Gasteiger partial charge is 0.462 e. The van der Waals surface area contributed by atoms with Crippen LogP contribution in [0.25, 0.3) is 0 Å². The summed E-state index contributed by atoms with van der Waals surface area (Å²) in [6.45, 7) is 4.20. The van der Waals surface area contributed by atoms with Gasteiger partial charge in [0.2, 0.25) is 0 Å². The zero-order valence-electron chi connectivity index (χ0n) is 68.7. The average molecular weight is 1600 g/mol. The van der Waals surface area contributed by atoms with Crippen molar-refractivity contribution in [1.29, 1.82) is 0 Å². The lowest BCUT2D eigenvalue weighted by atomic mass is 10.1. The molecule has 0 rings (SSSR count). The Morgan fingerprint density at radius 3 is 0.732 bits per heavy atom. The number of hydrogen-bond acceptors (Lipinski definition) is 15. The summed E-state index contributed by atoms with van der Waals surface area (Å²) in [5, 5.41) is 10.7. The molecule has 0 heterocycles. The van der Waals surface area contributed by atoms with E-state index in [2.05, 4.69) is 240 Å². The lowest BCUT2D eigenvalue weighted by Gasteiger charge is -2.21. The maximum absolute atomic E-state index is 13.1. The molecule has 0 aliphatic carbocycles. The summed E-state index contributed by atoms with van der Waals surface area (Å²) in [7, 11) is -10.0. The van der Waals surface area contributed by atoms with Crippen LogP contribution in [-0.4, -0.2) is 96.7 Å². The maximum Gasteiger partial charge on any atom is 0.472 e. The molecule has 5 unspecified atom stereocenters. The van der Waals surface area contributed by atoms with Gasteiger partial charge in [0.05, 0.1) is 26.4 Å². The lowest BCUT2D eigenvalue weighted by molar-refractivity contribution is -0.161. The van der Waals surface area contributed by atoms with Gasteiger partial charge in [-0.15, -0.1) is 0 Å². The number of phosphoric acid groups is 2. The minimum Gasteiger partial charge on any atom is -0.462 e. The molecule has 0 spiro atoms. The normalized spacial score (nSPS) is 15.0. The molecular weight excluding hydrogens is 1450 g/mol. The highest BCUT2D eigenvalue weighted by atomic mass is 31.2. The maximum atomic E-state index is 13.1. The highest BCUT2D eigenvalue weighted by Crippen LogP contribution is 2.45. The number of aliphatic hydroxyl groups excluding tert-OH is 1. The number of esters is 4. The Hall–Kier alpha value is -6.88. The monoisotopic (exact) mass is 1590 g/mol. The molecule has 0 aromatic heterocycles. The summed E-state index contributed by atoms with van der Waals surface area (Å²) in [6, 6.07) is 0. The second-order valence-corrected chi connectivity index (χ2v) is 29.4. The van der Waals surface area contributed by atoms with Crippen molar-refractivity contribution in [3.63, 3.8) is 0 Å². The van der Waals surface area contributed by atoms with Crippen LogP contribution in [0.2, 0.25) is 0 Å². The lowest BCUT2D eigenvalue weighted by Crippen LogP contribution is -2.30. The van der Waals surface area contributed by atoms with Crippen LogP contribution in [0.4, 0.5) is 0 Å². The number of unbranched alkanes of at least 4 members (excludes halogenated alkanes) is 11. The van der Waals surface area contributed by atoms with Gasteiger partial charge in [-0.2, -0.15) is 0 Å². The van der Waals surface area contributed by atoms with Gasteiger partial charge in [-0.1, -0.05) is 291 Å². The SMILES string of the molecule is CC/C=C\C/C=C\C/C=C\C/C=C\C/C=C\C/C=C\CCC(=O)OCC(COP(=O)(O)OCC(O)COP(=O)(O)OCC(COC(=O)CCCCC/C=C\C/C=C\C/C=C\C/C=C\C/C=C\CC)OC(=O)CCCCC/C=C\C/C=C\C/C=C\C/C=C\C/C=C\CC)OC(=O)CCCCCCC/C=C\C/C=C\C/C=C\CC. The molecule has 0 aromatic carbocycles. The Bertz CT molecular complexity index is 3040. The first-order valence-electron chi connectivity index (χ1n) is 41.6. The van der Waals surface area contributed by atoms with E-state index < -0.39 is 97.5 Å². The van der Waals surface area contributed by atoms with E-state index in [9.17, 15) is 43.2 Å². The average Bonchev–Trinajstić information content (AvgIpc) is 0.898. The van der Waals surface area contributed by atoms with Crippen molar-refractivity contribution < 1.29 is 80.2 Å². The Morgan fingerprint density at radius 1 is 0.250 bits per heavy atom. The summed E-state index contributed by atoms with van der Waals surface area (Å²) in [5.74, 6) is -2.40. The fourth-order valence-electron chi connectivity index (χ4n) is 9.96. The minimum atomic E-state index is -5.02. The van der Waals surface area contributed by atoms with Crippen molar-refractivity contribution >= 4 is 39.5 Å². The molecule has 0 aliphatic heterocycles. The van der Waals surface area contributed by atoms with Crippen LogP contribution in [0.5, 0.6) is 0 Å².